The Morgan fingerprint density at radius 2 is 2.11 bits per heavy atom. The number of nitrogens with one attached hydrogen (secondary N) is 1. The molecule has 0 bridgehead atoms. The van der Waals surface area contributed by atoms with Crippen LogP contribution in [0.3, 0.4) is 0 Å². The van der Waals surface area contributed by atoms with Gasteiger partial charge in [0.05, 0.1) is 11.5 Å². The van der Waals surface area contributed by atoms with Crippen LogP contribution in [0.5, 0.6) is 0 Å². The van der Waals surface area contributed by atoms with Crippen molar-refractivity contribution in [2.75, 3.05) is 18.1 Å². The average molecular weight is 283 g/mol. The molecule has 2 N–H and O–H groups in total. The first-order chi connectivity index (χ1) is 8.39. The normalized spacial score (nSPS) is 38.0. The molecule has 1 saturated heterocycles. The summed E-state index contributed by atoms with van der Waals surface area (Å²) in [7, 11) is 0. The van der Waals surface area contributed by atoms with Crippen LogP contribution in [-0.2, 0) is 0 Å². The van der Waals surface area contributed by atoms with Crippen LogP contribution < -0.4 is 5.32 Å². The van der Waals surface area contributed by atoms with Crippen LogP contribution in [0.15, 0.2) is 0 Å². The molecule has 6 heteroatoms. The molecule has 2 rings (SSSR count). The number of hydrogen-bond acceptors (Lipinski definition) is 3. The molecule has 0 spiro atoms. The lowest BCUT2D eigenvalue weighted by Crippen LogP contribution is -2.47. The van der Waals surface area contributed by atoms with Crippen molar-refractivity contribution in [3.63, 3.8) is 0 Å². The van der Waals surface area contributed by atoms with E-state index in [0.717, 1.165) is 18.6 Å². The monoisotopic (exact) mass is 283 g/mol. The summed E-state index contributed by atoms with van der Waals surface area (Å²) in [6.45, 7) is 0.426. The Balaban J connectivity index is 1.79. The summed E-state index contributed by atoms with van der Waals surface area (Å²) >= 11 is 1.70. The van der Waals surface area contributed by atoms with E-state index in [9.17, 15) is 18.3 Å². The minimum absolute atomic E-state index is 0.0972. The van der Waals surface area contributed by atoms with Crippen LogP contribution in [0.25, 0.3) is 0 Å². The highest BCUT2D eigenvalue weighted by molar-refractivity contribution is 7.99. The first-order valence-electron chi connectivity index (χ1n) is 6.49. The Kier molecular flexibility index (Phi) is 4.49. The lowest BCUT2D eigenvalue weighted by Gasteiger charge is -2.33. The molecular formula is C12H20F3NOS. The topological polar surface area (TPSA) is 32.3 Å². The summed E-state index contributed by atoms with van der Waals surface area (Å²) in [5, 5.41) is 13.3. The van der Waals surface area contributed by atoms with E-state index in [4.69, 9.17) is 0 Å². The van der Waals surface area contributed by atoms with Gasteiger partial charge in [0.1, 0.15) is 0 Å². The second-order valence-corrected chi connectivity index (χ2v) is 6.62. The molecule has 2 nitrogen and oxygen atoms in total. The second-order valence-electron chi connectivity index (χ2n) is 5.51. The summed E-state index contributed by atoms with van der Waals surface area (Å²) in [4.78, 5) is 0. The van der Waals surface area contributed by atoms with Crippen LogP contribution in [-0.4, -0.2) is 41.0 Å². The predicted octanol–water partition coefficient (Wildman–Crippen LogP) is 2.57. The Hall–Kier alpha value is 0.0600. The largest absolute Gasteiger partial charge is 0.391 e. The van der Waals surface area contributed by atoms with Crippen molar-refractivity contribution >= 4 is 11.8 Å². The number of alkyl halides is 3. The van der Waals surface area contributed by atoms with E-state index in [0.29, 0.717) is 18.7 Å². The second kappa shape index (κ2) is 5.59. The van der Waals surface area contributed by atoms with Gasteiger partial charge < -0.3 is 10.4 Å². The Bertz CT molecular complexity index is 279. The highest BCUT2D eigenvalue weighted by atomic mass is 32.2. The van der Waals surface area contributed by atoms with Crippen molar-refractivity contribution in [3.05, 3.63) is 0 Å². The minimum Gasteiger partial charge on any atom is -0.388 e. The zero-order valence-corrected chi connectivity index (χ0v) is 11.1. The molecule has 1 aliphatic heterocycles. The first kappa shape index (κ1) is 14.5. The number of halogens is 3. The molecule has 1 heterocycles. The Morgan fingerprint density at radius 1 is 1.33 bits per heavy atom. The van der Waals surface area contributed by atoms with Crippen molar-refractivity contribution in [2.24, 2.45) is 5.92 Å². The Labute approximate surface area is 110 Å². The highest BCUT2D eigenvalue weighted by Gasteiger charge is 2.42. The standard InChI is InChI=1S/C12H20F3NOS/c13-12(14,15)9-2-1-3-10(6-9)16-7-11(17)4-5-18-8-11/h9-10,16-17H,1-8H2/t9-,10+,11-/m0/s1. The molecular weight excluding hydrogens is 263 g/mol. The van der Waals surface area contributed by atoms with Crippen molar-refractivity contribution in [3.8, 4) is 0 Å². The van der Waals surface area contributed by atoms with Crippen molar-refractivity contribution < 1.29 is 18.3 Å². The van der Waals surface area contributed by atoms with E-state index in [1.165, 1.54) is 0 Å². The van der Waals surface area contributed by atoms with Gasteiger partial charge in [-0.15, -0.1) is 0 Å². The summed E-state index contributed by atoms with van der Waals surface area (Å²) < 4.78 is 38.0. The minimum atomic E-state index is -4.07. The summed E-state index contributed by atoms with van der Waals surface area (Å²) in [5.74, 6) is 0.458. The fourth-order valence-electron chi connectivity index (χ4n) is 2.74. The lowest BCUT2D eigenvalue weighted by atomic mass is 9.85. The molecule has 2 fully saturated rings. The molecule has 0 amide bonds. The van der Waals surface area contributed by atoms with E-state index in [2.05, 4.69) is 5.32 Å². The molecule has 0 aromatic heterocycles. The predicted molar refractivity (Wildman–Crippen MR) is 66.7 cm³/mol. The maximum absolute atomic E-state index is 12.7. The quantitative estimate of drug-likeness (QED) is 0.835. The lowest BCUT2D eigenvalue weighted by molar-refractivity contribution is -0.183. The molecule has 0 aromatic rings. The zero-order valence-electron chi connectivity index (χ0n) is 10.3. The first-order valence-corrected chi connectivity index (χ1v) is 7.65. The Morgan fingerprint density at radius 3 is 2.72 bits per heavy atom. The maximum Gasteiger partial charge on any atom is 0.391 e. The summed E-state index contributed by atoms with van der Waals surface area (Å²) in [6, 6.07) is -0.0972. The van der Waals surface area contributed by atoms with Crippen molar-refractivity contribution in [1.29, 1.82) is 0 Å². The van der Waals surface area contributed by atoms with Gasteiger partial charge >= 0.3 is 6.18 Å². The number of hydrogen-bond donors (Lipinski definition) is 2. The van der Waals surface area contributed by atoms with E-state index >= 15 is 0 Å². The molecule has 18 heavy (non-hydrogen) atoms. The fraction of sp³-hybridized carbons (Fsp3) is 1.00. The van der Waals surface area contributed by atoms with Crippen LogP contribution in [0.2, 0.25) is 0 Å². The van der Waals surface area contributed by atoms with Gasteiger partial charge in [0.15, 0.2) is 0 Å². The van der Waals surface area contributed by atoms with Gasteiger partial charge in [0.2, 0.25) is 0 Å². The van der Waals surface area contributed by atoms with Gasteiger partial charge in [-0.1, -0.05) is 6.42 Å². The third-order valence-electron chi connectivity index (χ3n) is 3.94. The zero-order chi connectivity index (χ0) is 13.2. The van der Waals surface area contributed by atoms with Crippen LogP contribution >= 0.6 is 11.8 Å². The van der Waals surface area contributed by atoms with Gasteiger partial charge in [-0.3, -0.25) is 0 Å². The van der Waals surface area contributed by atoms with Gasteiger partial charge in [-0.2, -0.15) is 24.9 Å². The van der Waals surface area contributed by atoms with Crippen LogP contribution in [0.1, 0.15) is 32.1 Å². The fourth-order valence-corrected chi connectivity index (χ4v) is 4.04. The molecule has 106 valence electrons. The van der Waals surface area contributed by atoms with Crippen molar-refractivity contribution in [2.45, 2.75) is 49.9 Å². The van der Waals surface area contributed by atoms with Gasteiger partial charge in [-0.25, -0.2) is 0 Å². The van der Waals surface area contributed by atoms with Gasteiger partial charge in [0.25, 0.3) is 0 Å². The summed E-state index contributed by atoms with van der Waals surface area (Å²) in [6.07, 6.45) is -1.51. The van der Waals surface area contributed by atoms with Crippen LogP contribution in [0.4, 0.5) is 13.2 Å². The van der Waals surface area contributed by atoms with E-state index in [1.807, 2.05) is 0 Å². The molecule has 3 atom stereocenters. The van der Waals surface area contributed by atoms with Crippen LogP contribution in [0, 0.1) is 5.92 Å². The van der Waals surface area contributed by atoms with E-state index in [-0.39, 0.29) is 18.9 Å². The number of aliphatic hydroxyl groups is 1. The number of thioether (sulfide) groups is 1. The van der Waals surface area contributed by atoms with Crippen molar-refractivity contribution in [1.82, 2.24) is 5.32 Å². The van der Waals surface area contributed by atoms with Gasteiger partial charge in [0, 0.05) is 18.3 Å². The average Bonchev–Trinajstić information content (AvgIpc) is 2.74. The summed E-state index contributed by atoms with van der Waals surface area (Å²) in [5.41, 5.74) is -0.712. The third-order valence-corrected chi connectivity index (χ3v) is 5.17. The highest BCUT2D eigenvalue weighted by Crippen LogP contribution is 2.37. The van der Waals surface area contributed by atoms with E-state index in [1.54, 1.807) is 11.8 Å². The molecule has 1 saturated carbocycles. The van der Waals surface area contributed by atoms with E-state index < -0.39 is 17.7 Å². The van der Waals surface area contributed by atoms with Gasteiger partial charge in [-0.05, 0) is 31.4 Å². The molecule has 1 aliphatic carbocycles. The molecule has 2 aliphatic rings. The molecule has 0 radical (unpaired) electrons. The SMILES string of the molecule is O[C@]1(CN[C@@H]2CCC[C@H](C(F)(F)F)C2)CCSC1. The third kappa shape index (κ3) is 3.78. The maximum atomic E-state index is 12.7. The smallest absolute Gasteiger partial charge is 0.388 e. The number of rotatable bonds is 3. The molecule has 0 unspecified atom stereocenters. The molecule has 0 aromatic carbocycles.